The number of hydrogen-bond acceptors (Lipinski definition) is 6. The molecule has 6 N–H and O–H groups in total. The summed E-state index contributed by atoms with van der Waals surface area (Å²) in [6.45, 7) is 5.24. The molecule has 0 saturated carbocycles. The number of aliphatic hydroxyl groups excluding tert-OH is 1. The van der Waals surface area contributed by atoms with Crippen molar-refractivity contribution in [2.45, 2.75) is 63.8 Å². The largest absolute Gasteiger partial charge is 0.483 e. The Kier molecular flexibility index (Phi) is 11.7. The number of aliphatic hydroxyl groups is 1. The second-order valence-corrected chi connectivity index (χ2v) is 12.5. The normalized spacial score (nSPS) is 13.2. The number of benzene rings is 4. The van der Waals surface area contributed by atoms with Crippen molar-refractivity contribution in [3.8, 4) is 5.75 Å². The van der Waals surface area contributed by atoms with E-state index in [-0.39, 0.29) is 18.7 Å². The Labute approximate surface area is 274 Å². The summed E-state index contributed by atoms with van der Waals surface area (Å²) in [7, 11) is 0. The third kappa shape index (κ3) is 10.4. The van der Waals surface area contributed by atoms with E-state index in [1.54, 1.807) is 30.3 Å². The van der Waals surface area contributed by atoms with E-state index in [0.717, 1.165) is 16.3 Å². The lowest BCUT2D eigenvalue weighted by Crippen LogP contribution is -2.55. The first kappa shape index (κ1) is 34.6. The van der Waals surface area contributed by atoms with Crippen LogP contribution in [-0.2, 0) is 27.2 Å². The van der Waals surface area contributed by atoms with Gasteiger partial charge in [0.1, 0.15) is 11.8 Å². The number of hydrogen-bond donors (Lipinski definition) is 5. The van der Waals surface area contributed by atoms with E-state index in [1.807, 2.05) is 87.5 Å². The van der Waals surface area contributed by atoms with Gasteiger partial charge in [-0.3, -0.25) is 19.2 Å². The second-order valence-electron chi connectivity index (χ2n) is 12.5. The molecule has 0 aliphatic carbocycles. The maximum Gasteiger partial charge on any atom is 0.258 e. The molecule has 10 heteroatoms. The summed E-state index contributed by atoms with van der Waals surface area (Å²) in [5, 5.41) is 21.6. The Morgan fingerprint density at radius 2 is 1.47 bits per heavy atom. The molecule has 0 bridgehead atoms. The first-order valence-corrected chi connectivity index (χ1v) is 15.5. The third-order valence-corrected chi connectivity index (χ3v) is 7.44. The number of nitrogens with one attached hydrogen (secondary N) is 3. The van der Waals surface area contributed by atoms with Crippen molar-refractivity contribution in [3.63, 3.8) is 0 Å². The number of carbonyl (C=O) groups excluding carboxylic acids is 4. The highest BCUT2D eigenvalue weighted by Crippen LogP contribution is 2.25. The lowest BCUT2D eigenvalue weighted by molar-refractivity contribution is -0.132. The molecule has 0 aromatic heterocycles. The summed E-state index contributed by atoms with van der Waals surface area (Å²) in [5.41, 5.74) is 6.84. The predicted octanol–water partition coefficient (Wildman–Crippen LogP) is 3.44. The maximum absolute atomic E-state index is 13.6. The van der Waals surface area contributed by atoms with Crippen LogP contribution in [0.1, 0.15) is 48.7 Å². The van der Waals surface area contributed by atoms with Crippen molar-refractivity contribution in [1.29, 1.82) is 0 Å². The number of rotatable bonds is 14. The number of ether oxygens (including phenoxy) is 1. The Balaban J connectivity index is 1.50. The first-order chi connectivity index (χ1) is 22.4. The highest BCUT2D eigenvalue weighted by molar-refractivity contribution is 5.96. The van der Waals surface area contributed by atoms with Crippen LogP contribution in [-0.4, -0.2) is 59.1 Å². The van der Waals surface area contributed by atoms with Gasteiger partial charge in [-0.15, -0.1) is 0 Å². The van der Waals surface area contributed by atoms with Crippen molar-refractivity contribution < 1.29 is 29.0 Å². The molecular weight excluding hydrogens is 596 g/mol. The van der Waals surface area contributed by atoms with Gasteiger partial charge in [0.25, 0.3) is 11.8 Å². The summed E-state index contributed by atoms with van der Waals surface area (Å²) in [4.78, 5) is 51.5. The Hall–Kier alpha value is -5.22. The van der Waals surface area contributed by atoms with Crippen molar-refractivity contribution in [2.75, 3.05) is 6.61 Å². The second kappa shape index (κ2) is 15.9. The maximum atomic E-state index is 13.6. The van der Waals surface area contributed by atoms with Gasteiger partial charge in [0.05, 0.1) is 18.6 Å². The molecule has 10 nitrogen and oxygen atoms in total. The summed E-state index contributed by atoms with van der Waals surface area (Å²) in [6.07, 6.45) is -1.30. The van der Waals surface area contributed by atoms with Crippen LogP contribution >= 0.6 is 0 Å². The van der Waals surface area contributed by atoms with Gasteiger partial charge in [-0.2, -0.15) is 0 Å². The van der Waals surface area contributed by atoms with Gasteiger partial charge in [0.2, 0.25) is 11.8 Å². The molecule has 4 aromatic carbocycles. The van der Waals surface area contributed by atoms with Gasteiger partial charge in [0, 0.05) is 22.9 Å². The molecule has 0 saturated heterocycles. The average molecular weight is 639 g/mol. The zero-order chi connectivity index (χ0) is 34.0. The molecule has 0 unspecified atom stereocenters. The van der Waals surface area contributed by atoms with E-state index in [1.165, 1.54) is 0 Å². The highest BCUT2D eigenvalue weighted by Gasteiger charge is 2.29. The number of primary amides is 1. The number of carbonyl (C=O) groups is 4. The Morgan fingerprint density at radius 3 is 2.19 bits per heavy atom. The van der Waals surface area contributed by atoms with E-state index in [2.05, 4.69) is 16.0 Å². The van der Waals surface area contributed by atoms with Gasteiger partial charge in [-0.25, -0.2) is 0 Å². The summed E-state index contributed by atoms with van der Waals surface area (Å²) >= 11 is 0. The summed E-state index contributed by atoms with van der Waals surface area (Å²) in [5.74, 6) is -1.89. The standard InChI is InChI=1S/C37H42N4O6/c1-37(2,3)41-35(45)28-18-10-8-15-26(28)21-31(42)29(20-24-12-5-4-6-13-24)40-36(46)30(22-33(38)43)39-34(44)23-47-32-19-11-16-25-14-7-9-17-27(25)32/h4-19,29-31,42H,20-23H2,1-3H3,(H2,38,43)(H,39,44)(H,40,46)(H,41,45)/t29-,30-,31+/m0/s1. The minimum Gasteiger partial charge on any atom is -0.483 e. The van der Waals surface area contributed by atoms with Gasteiger partial charge in [-0.05, 0) is 55.8 Å². The fourth-order valence-corrected chi connectivity index (χ4v) is 5.24. The van der Waals surface area contributed by atoms with Gasteiger partial charge in [0.15, 0.2) is 6.61 Å². The molecule has 0 heterocycles. The van der Waals surface area contributed by atoms with E-state index in [0.29, 0.717) is 16.9 Å². The van der Waals surface area contributed by atoms with Crippen LogP contribution in [0.15, 0.2) is 97.1 Å². The molecule has 4 aromatic rings. The first-order valence-electron chi connectivity index (χ1n) is 15.5. The zero-order valence-electron chi connectivity index (χ0n) is 26.9. The Bertz CT molecular complexity index is 1700. The molecular formula is C37H42N4O6. The monoisotopic (exact) mass is 638 g/mol. The summed E-state index contributed by atoms with van der Waals surface area (Å²) in [6, 6.07) is 27.1. The molecule has 47 heavy (non-hydrogen) atoms. The minimum atomic E-state index is -1.31. The SMILES string of the molecule is CC(C)(C)NC(=O)c1ccccc1C[C@@H](O)[C@H](Cc1ccccc1)NC(=O)[C@H](CC(N)=O)NC(=O)COc1cccc2ccccc12. The van der Waals surface area contributed by atoms with Crippen LogP contribution in [0.5, 0.6) is 5.75 Å². The van der Waals surface area contributed by atoms with Crippen molar-refractivity contribution in [1.82, 2.24) is 16.0 Å². The Morgan fingerprint density at radius 1 is 0.809 bits per heavy atom. The van der Waals surface area contributed by atoms with E-state index in [4.69, 9.17) is 10.5 Å². The van der Waals surface area contributed by atoms with Crippen LogP contribution in [0, 0.1) is 0 Å². The van der Waals surface area contributed by atoms with Crippen LogP contribution in [0.3, 0.4) is 0 Å². The van der Waals surface area contributed by atoms with E-state index < -0.39 is 54.5 Å². The van der Waals surface area contributed by atoms with Crippen LogP contribution < -0.4 is 26.4 Å². The van der Waals surface area contributed by atoms with Gasteiger partial charge in [-0.1, -0.05) is 84.9 Å². The van der Waals surface area contributed by atoms with Crippen LogP contribution in [0.25, 0.3) is 10.8 Å². The van der Waals surface area contributed by atoms with Crippen molar-refractivity contribution >= 4 is 34.4 Å². The van der Waals surface area contributed by atoms with Gasteiger partial charge < -0.3 is 31.5 Å². The third-order valence-electron chi connectivity index (χ3n) is 7.44. The number of nitrogens with two attached hydrogens (primary N) is 1. The van der Waals surface area contributed by atoms with Crippen LogP contribution in [0.4, 0.5) is 0 Å². The molecule has 4 rings (SSSR count). The highest BCUT2D eigenvalue weighted by atomic mass is 16.5. The molecule has 0 radical (unpaired) electrons. The van der Waals surface area contributed by atoms with Crippen molar-refractivity contribution in [3.05, 3.63) is 114 Å². The van der Waals surface area contributed by atoms with E-state index >= 15 is 0 Å². The molecule has 0 aliphatic heterocycles. The lowest BCUT2D eigenvalue weighted by Gasteiger charge is -2.28. The molecule has 4 amide bonds. The molecule has 0 aliphatic rings. The van der Waals surface area contributed by atoms with Gasteiger partial charge >= 0.3 is 0 Å². The zero-order valence-corrected chi connectivity index (χ0v) is 26.9. The molecule has 3 atom stereocenters. The van der Waals surface area contributed by atoms with Crippen LogP contribution in [0.2, 0.25) is 0 Å². The quantitative estimate of drug-likeness (QED) is 0.142. The van der Waals surface area contributed by atoms with E-state index in [9.17, 15) is 24.3 Å². The summed E-state index contributed by atoms with van der Waals surface area (Å²) < 4.78 is 5.76. The molecule has 0 fully saturated rings. The van der Waals surface area contributed by atoms with Crippen molar-refractivity contribution in [2.24, 2.45) is 5.73 Å². The predicted molar refractivity (Wildman–Crippen MR) is 181 cm³/mol. The molecule has 246 valence electrons. The topological polar surface area (TPSA) is 160 Å². The smallest absolute Gasteiger partial charge is 0.258 e. The average Bonchev–Trinajstić information content (AvgIpc) is 3.02. The number of fused-ring (bicyclic) bond motifs is 1. The minimum absolute atomic E-state index is 0.0528. The number of amides is 4. The fraction of sp³-hybridized carbons (Fsp3) is 0.297. The fourth-order valence-electron chi connectivity index (χ4n) is 5.24. The lowest BCUT2D eigenvalue weighted by atomic mass is 9.93. The molecule has 0 spiro atoms.